The monoisotopic (exact) mass is 241 g/mol. The van der Waals surface area contributed by atoms with Gasteiger partial charge < -0.3 is 4.57 Å². The van der Waals surface area contributed by atoms with E-state index in [0.29, 0.717) is 6.04 Å². The Morgan fingerprint density at radius 3 is 2.50 bits per heavy atom. The maximum atomic E-state index is 11.1. The molecule has 1 aromatic heterocycles. The molecule has 94 valence electrons. The second kappa shape index (κ2) is 5.67. The summed E-state index contributed by atoms with van der Waals surface area (Å²) in [6.45, 7) is 4.30. The van der Waals surface area contributed by atoms with E-state index in [2.05, 4.69) is 36.6 Å². The van der Waals surface area contributed by atoms with Crippen molar-refractivity contribution in [3.8, 4) is 0 Å². The topological polar surface area (TPSA) is 22.0 Å². The first-order valence-corrected chi connectivity index (χ1v) is 6.45. The van der Waals surface area contributed by atoms with Crippen LogP contribution in [0, 0.1) is 0 Å². The van der Waals surface area contributed by atoms with E-state index in [-0.39, 0.29) is 0 Å². The molecule has 0 N–H and O–H groups in total. The van der Waals surface area contributed by atoms with E-state index in [9.17, 15) is 4.79 Å². The minimum atomic E-state index is 0.360. The number of hydrogen-bond acceptors (Lipinski definition) is 1. The maximum absolute atomic E-state index is 11.1. The fraction of sp³-hybridized carbons (Fsp3) is 0.312. The van der Waals surface area contributed by atoms with Gasteiger partial charge in [-0.25, -0.2) is 0 Å². The standard InChI is InChI=1S/C16H19NO/c1-3-13(2)17-15(9-10-16(17)12-18)11-14-7-5-4-6-8-14/h4-10,12-13H,3,11H2,1-2H3/t13-/m1/s1. The van der Waals surface area contributed by atoms with Crippen molar-refractivity contribution in [2.24, 2.45) is 0 Å². The Morgan fingerprint density at radius 1 is 1.17 bits per heavy atom. The number of benzene rings is 1. The smallest absolute Gasteiger partial charge is 0.166 e. The van der Waals surface area contributed by atoms with E-state index in [1.165, 1.54) is 11.3 Å². The second-order valence-corrected chi connectivity index (χ2v) is 4.66. The van der Waals surface area contributed by atoms with Gasteiger partial charge in [0.1, 0.15) is 0 Å². The largest absolute Gasteiger partial charge is 0.339 e. The molecule has 2 aromatic rings. The molecule has 0 spiro atoms. The molecule has 0 radical (unpaired) electrons. The lowest BCUT2D eigenvalue weighted by Gasteiger charge is -2.17. The highest BCUT2D eigenvalue weighted by molar-refractivity contribution is 5.73. The van der Waals surface area contributed by atoms with Crippen LogP contribution in [-0.2, 0) is 6.42 Å². The molecule has 0 bridgehead atoms. The Morgan fingerprint density at radius 2 is 1.89 bits per heavy atom. The number of carbonyl (C=O) groups is 1. The summed E-state index contributed by atoms with van der Waals surface area (Å²) in [5.41, 5.74) is 3.26. The van der Waals surface area contributed by atoms with Crippen molar-refractivity contribution in [1.82, 2.24) is 4.57 Å². The zero-order valence-corrected chi connectivity index (χ0v) is 11.0. The van der Waals surface area contributed by atoms with Crippen LogP contribution in [0.2, 0.25) is 0 Å². The molecule has 2 rings (SSSR count). The summed E-state index contributed by atoms with van der Waals surface area (Å²) in [6.07, 6.45) is 2.84. The van der Waals surface area contributed by atoms with Crippen molar-refractivity contribution in [2.45, 2.75) is 32.7 Å². The summed E-state index contributed by atoms with van der Waals surface area (Å²) in [5, 5.41) is 0. The van der Waals surface area contributed by atoms with Crippen molar-refractivity contribution >= 4 is 6.29 Å². The summed E-state index contributed by atoms with van der Waals surface area (Å²) in [4.78, 5) is 11.1. The van der Waals surface area contributed by atoms with Gasteiger partial charge in [0, 0.05) is 18.2 Å². The number of carbonyl (C=O) groups excluding carboxylic acids is 1. The molecule has 0 aliphatic heterocycles. The Hall–Kier alpha value is -1.83. The summed E-state index contributed by atoms with van der Waals surface area (Å²) < 4.78 is 2.15. The molecule has 2 heteroatoms. The number of aromatic nitrogens is 1. The third-order valence-corrected chi connectivity index (χ3v) is 3.41. The zero-order valence-electron chi connectivity index (χ0n) is 11.0. The van der Waals surface area contributed by atoms with Crippen LogP contribution in [0.5, 0.6) is 0 Å². The van der Waals surface area contributed by atoms with Crippen LogP contribution >= 0.6 is 0 Å². The Balaban J connectivity index is 2.33. The number of rotatable bonds is 5. The molecule has 2 nitrogen and oxygen atoms in total. The molecule has 0 unspecified atom stereocenters. The molecular weight excluding hydrogens is 222 g/mol. The van der Waals surface area contributed by atoms with Gasteiger partial charge in [-0.15, -0.1) is 0 Å². The van der Waals surface area contributed by atoms with Crippen molar-refractivity contribution in [3.05, 3.63) is 59.4 Å². The molecule has 1 heterocycles. The second-order valence-electron chi connectivity index (χ2n) is 4.66. The van der Waals surface area contributed by atoms with E-state index in [1.807, 2.05) is 24.3 Å². The molecule has 0 saturated heterocycles. The summed E-state index contributed by atoms with van der Waals surface area (Å²) in [7, 11) is 0. The molecule has 18 heavy (non-hydrogen) atoms. The van der Waals surface area contributed by atoms with Crippen LogP contribution in [0.25, 0.3) is 0 Å². The molecule has 0 aliphatic carbocycles. The predicted octanol–water partition coefficient (Wildman–Crippen LogP) is 3.86. The first kappa shape index (κ1) is 12.6. The third-order valence-electron chi connectivity index (χ3n) is 3.41. The summed E-state index contributed by atoms with van der Waals surface area (Å²) >= 11 is 0. The minimum Gasteiger partial charge on any atom is -0.339 e. The first-order chi connectivity index (χ1) is 8.76. The van der Waals surface area contributed by atoms with E-state index in [4.69, 9.17) is 0 Å². The SMILES string of the molecule is CC[C@@H](C)n1c(C=O)ccc1Cc1ccccc1. The summed E-state index contributed by atoms with van der Waals surface area (Å²) in [5.74, 6) is 0. The lowest BCUT2D eigenvalue weighted by molar-refractivity contribution is 0.111. The quantitative estimate of drug-likeness (QED) is 0.728. The lowest BCUT2D eigenvalue weighted by Crippen LogP contribution is -2.11. The van der Waals surface area contributed by atoms with Crippen LogP contribution in [0.1, 0.15) is 48.1 Å². The first-order valence-electron chi connectivity index (χ1n) is 6.45. The molecule has 0 fully saturated rings. The van der Waals surface area contributed by atoms with Gasteiger partial charge in [0.15, 0.2) is 6.29 Å². The molecule has 1 atom stereocenters. The molecule has 0 saturated carbocycles. The van der Waals surface area contributed by atoms with Gasteiger partial charge in [0.2, 0.25) is 0 Å². The van der Waals surface area contributed by atoms with Crippen LogP contribution in [0.15, 0.2) is 42.5 Å². The molecule has 0 aliphatic rings. The van der Waals surface area contributed by atoms with Crippen LogP contribution in [0.3, 0.4) is 0 Å². The van der Waals surface area contributed by atoms with Crippen LogP contribution < -0.4 is 0 Å². The Bertz CT molecular complexity index is 513. The fourth-order valence-corrected chi connectivity index (χ4v) is 2.27. The number of aldehydes is 1. The van der Waals surface area contributed by atoms with Crippen molar-refractivity contribution < 1.29 is 4.79 Å². The van der Waals surface area contributed by atoms with Crippen LogP contribution in [0.4, 0.5) is 0 Å². The summed E-state index contributed by atoms with van der Waals surface area (Å²) in [6, 6.07) is 14.7. The minimum absolute atomic E-state index is 0.360. The maximum Gasteiger partial charge on any atom is 0.166 e. The number of hydrogen-bond donors (Lipinski definition) is 0. The van der Waals surface area contributed by atoms with Gasteiger partial charge in [0.05, 0.1) is 5.69 Å². The Labute approximate surface area is 108 Å². The van der Waals surface area contributed by atoms with Gasteiger partial charge in [-0.2, -0.15) is 0 Å². The highest BCUT2D eigenvalue weighted by atomic mass is 16.1. The highest BCUT2D eigenvalue weighted by Gasteiger charge is 2.12. The lowest BCUT2D eigenvalue weighted by atomic mass is 10.1. The molecule has 0 amide bonds. The van der Waals surface area contributed by atoms with Gasteiger partial charge in [-0.1, -0.05) is 37.3 Å². The Kier molecular flexibility index (Phi) is 3.98. The fourth-order valence-electron chi connectivity index (χ4n) is 2.27. The van der Waals surface area contributed by atoms with Crippen molar-refractivity contribution in [3.63, 3.8) is 0 Å². The number of nitrogens with zero attached hydrogens (tertiary/aromatic N) is 1. The van der Waals surface area contributed by atoms with Crippen molar-refractivity contribution in [1.29, 1.82) is 0 Å². The van der Waals surface area contributed by atoms with Gasteiger partial charge in [-0.3, -0.25) is 4.79 Å². The average molecular weight is 241 g/mol. The van der Waals surface area contributed by atoms with Gasteiger partial charge >= 0.3 is 0 Å². The van der Waals surface area contributed by atoms with E-state index < -0.39 is 0 Å². The van der Waals surface area contributed by atoms with E-state index in [0.717, 1.165) is 24.8 Å². The highest BCUT2D eigenvalue weighted by Crippen LogP contribution is 2.20. The predicted molar refractivity (Wildman–Crippen MR) is 74.1 cm³/mol. The van der Waals surface area contributed by atoms with Crippen molar-refractivity contribution in [2.75, 3.05) is 0 Å². The van der Waals surface area contributed by atoms with E-state index >= 15 is 0 Å². The van der Waals surface area contributed by atoms with E-state index in [1.54, 1.807) is 0 Å². The molecule has 1 aromatic carbocycles. The van der Waals surface area contributed by atoms with Gasteiger partial charge in [-0.05, 0) is 31.0 Å². The van der Waals surface area contributed by atoms with Crippen LogP contribution in [-0.4, -0.2) is 10.9 Å². The molecular formula is C16H19NO. The normalized spacial score (nSPS) is 12.3. The average Bonchev–Trinajstić information content (AvgIpc) is 2.82. The van der Waals surface area contributed by atoms with Gasteiger partial charge in [0.25, 0.3) is 0 Å². The zero-order chi connectivity index (χ0) is 13.0. The third kappa shape index (κ3) is 2.53.